The molecule has 0 spiro atoms. The van der Waals surface area contributed by atoms with Crippen LogP contribution in [0.1, 0.15) is 23.4 Å². The molecular formula is C14H14Br2ClNS. The number of hydrogen-bond acceptors (Lipinski definition) is 2. The minimum Gasteiger partial charge on any atom is -0.310 e. The lowest BCUT2D eigenvalue weighted by molar-refractivity contribution is 0.576. The van der Waals surface area contributed by atoms with Gasteiger partial charge in [0, 0.05) is 26.4 Å². The molecule has 2 aromatic rings. The summed E-state index contributed by atoms with van der Waals surface area (Å²) in [6.07, 6.45) is 1.01. The number of benzene rings is 1. The Morgan fingerprint density at radius 1 is 1.26 bits per heavy atom. The fraction of sp³-hybridized carbons (Fsp3) is 0.286. The first kappa shape index (κ1) is 15.5. The lowest BCUT2D eigenvalue weighted by Crippen LogP contribution is -2.21. The summed E-state index contributed by atoms with van der Waals surface area (Å²) < 4.78 is 3.07. The van der Waals surface area contributed by atoms with Gasteiger partial charge in [-0.25, -0.2) is 0 Å². The van der Waals surface area contributed by atoms with Gasteiger partial charge in [-0.15, -0.1) is 11.3 Å². The molecule has 1 heterocycles. The van der Waals surface area contributed by atoms with Crippen LogP contribution in [-0.2, 0) is 6.42 Å². The van der Waals surface area contributed by atoms with E-state index in [2.05, 4.69) is 68.4 Å². The van der Waals surface area contributed by atoms with Gasteiger partial charge in [0.05, 0.1) is 4.34 Å². The first-order valence-electron chi connectivity index (χ1n) is 5.99. The minimum atomic E-state index is 0.318. The molecule has 1 unspecified atom stereocenters. The van der Waals surface area contributed by atoms with Crippen molar-refractivity contribution < 1.29 is 0 Å². The second kappa shape index (κ2) is 7.23. The smallest absolute Gasteiger partial charge is 0.0931 e. The van der Waals surface area contributed by atoms with Crippen molar-refractivity contribution in [3.05, 3.63) is 54.1 Å². The normalized spacial score (nSPS) is 12.6. The molecule has 0 amide bonds. The summed E-state index contributed by atoms with van der Waals surface area (Å²) in [6, 6.07) is 10.6. The molecule has 1 N–H and O–H groups in total. The van der Waals surface area contributed by atoms with Gasteiger partial charge < -0.3 is 5.32 Å². The molecule has 1 atom stereocenters. The summed E-state index contributed by atoms with van der Waals surface area (Å²) in [5.41, 5.74) is 1.27. The van der Waals surface area contributed by atoms with E-state index >= 15 is 0 Å². The van der Waals surface area contributed by atoms with Crippen LogP contribution in [0.15, 0.2) is 39.3 Å². The van der Waals surface area contributed by atoms with Gasteiger partial charge in [0.25, 0.3) is 0 Å². The van der Waals surface area contributed by atoms with Gasteiger partial charge in [0.1, 0.15) is 0 Å². The summed E-state index contributed by atoms with van der Waals surface area (Å²) in [7, 11) is 0. The Morgan fingerprint density at radius 3 is 2.68 bits per heavy atom. The van der Waals surface area contributed by atoms with Gasteiger partial charge in [0.2, 0.25) is 0 Å². The van der Waals surface area contributed by atoms with Crippen molar-refractivity contribution in [2.45, 2.75) is 19.4 Å². The maximum absolute atomic E-state index is 5.92. The van der Waals surface area contributed by atoms with E-state index in [-0.39, 0.29) is 0 Å². The van der Waals surface area contributed by atoms with Crippen LogP contribution in [0.4, 0.5) is 0 Å². The van der Waals surface area contributed by atoms with Crippen molar-refractivity contribution >= 4 is 54.8 Å². The predicted octanol–water partition coefficient (Wildman–Crippen LogP) is 5.82. The Morgan fingerprint density at radius 2 is 2.05 bits per heavy atom. The summed E-state index contributed by atoms with van der Waals surface area (Å²) >= 11 is 14.6. The van der Waals surface area contributed by atoms with E-state index in [0.717, 1.165) is 26.2 Å². The van der Waals surface area contributed by atoms with Crippen molar-refractivity contribution in [3.8, 4) is 0 Å². The summed E-state index contributed by atoms with van der Waals surface area (Å²) in [5, 5.41) is 3.54. The zero-order valence-electron chi connectivity index (χ0n) is 10.4. The van der Waals surface area contributed by atoms with Crippen LogP contribution in [0, 0.1) is 0 Å². The van der Waals surface area contributed by atoms with E-state index in [0.29, 0.717) is 6.04 Å². The molecular weight excluding hydrogens is 409 g/mol. The van der Waals surface area contributed by atoms with Gasteiger partial charge >= 0.3 is 0 Å². The summed E-state index contributed by atoms with van der Waals surface area (Å²) in [6.45, 7) is 3.12. The first-order valence-corrected chi connectivity index (χ1v) is 8.77. The SMILES string of the molecule is CC(NCCc1ccc(Cl)s1)c1ccc(Br)cc1Br. The van der Waals surface area contributed by atoms with Gasteiger partial charge in [-0.3, -0.25) is 0 Å². The third-order valence-corrected chi connectivity index (χ3v) is 5.35. The number of rotatable bonds is 5. The molecule has 0 bridgehead atoms. The van der Waals surface area contributed by atoms with Crippen LogP contribution in [0.25, 0.3) is 0 Å². The maximum Gasteiger partial charge on any atom is 0.0931 e. The Labute approximate surface area is 139 Å². The molecule has 0 radical (unpaired) electrons. The second-order valence-corrected chi connectivity index (χ2v) is 7.87. The number of halogens is 3. The highest BCUT2D eigenvalue weighted by atomic mass is 79.9. The van der Waals surface area contributed by atoms with Crippen LogP contribution < -0.4 is 5.32 Å². The van der Waals surface area contributed by atoms with Crippen molar-refractivity contribution in [2.24, 2.45) is 0 Å². The summed E-state index contributed by atoms with van der Waals surface area (Å²) in [4.78, 5) is 1.32. The maximum atomic E-state index is 5.92. The standard InChI is InChI=1S/C14H14Br2ClNS/c1-9(12-4-2-10(15)8-13(12)16)18-7-6-11-3-5-14(17)19-11/h2-5,8-9,18H,6-7H2,1H3. The van der Waals surface area contributed by atoms with Crippen molar-refractivity contribution in [3.63, 3.8) is 0 Å². The van der Waals surface area contributed by atoms with E-state index in [4.69, 9.17) is 11.6 Å². The quantitative estimate of drug-likeness (QED) is 0.639. The van der Waals surface area contributed by atoms with E-state index in [1.54, 1.807) is 11.3 Å². The second-order valence-electron chi connectivity index (χ2n) is 4.30. The molecule has 0 saturated heterocycles. The lowest BCUT2D eigenvalue weighted by atomic mass is 10.1. The zero-order valence-corrected chi connectivity index (χ0v) is 15.2. The molecule has 2 rings (SSSR count). The van der Waals surface area contributed by atoms with Gasteiger partial charge in [-0.05, 0) is 43.2 Å². The monoisotopic (exact) mass is 421 g/mol. The molecule has 0 aliphatic heterocycles. The van der Waals surface area contributed by atoms with Crippen molar-refractivity contribution in [1.29, 1.82) is 0 Å². The van der Waals surface area contributed by atoms with Crippen molar-refractivity contribution in [2.75, 3.05) is 6.54 Å². The van der Waals surface area contributed by atoms with Gasteiger partial charge in [-0.1, -0.05) is 49.5 Å². The van der Waals surface area contributed by atoms with E-state index in [9.17, 15) is 0 Å². The third-order valence-electron chi connectivity index (χ3n) is 2.88. The largest absolute Gasteiger partial charge is 0.310 e. The molecule has 1 aromatic heterocycles. The van der Waals surface area contributed by atoms with Crippen LogP contribution in [0.2, 0.25) is 4.34 Å². The van der Waals surface area contributed by atoms with E-state index in [1.807, 2.05) is 6.07 Å². The number of nitrogens with one attached hydrogen (secondary N) is 1. The number of hydrogen-bond donors (Lipinski definition) is 1. The topological polar surface area (TPSA) is 12.0 Å². The average molecular weight is 424 g/mol. The fourth-order valence-corrected chi connectivity index (χ4v) is 4.34. The van der Waals surface area contributed by atoms with Gasteiger partial charge in [0.15, 0.2) is 0 Å². The molecule has 5 heteroatoms. The van der Waals surface area contributed by atoms with Crippen LogP contribution in [0.3, 0.4) is 0 Å². The van der Waals surface area contributed by atoms with Crippen LogP contribution in [0.5, 0.6) is 0 Å². The molecule has 1 aromatic carbocycles. The van der Waals surface area contributed by atoms with E-state index in [1.165, 1.54) is 10.4 Å². The van der Waals surface area contributed by atoms with E-state index < -0.39 is 0 Å². The van der Waals surface area contributed by atoms with Gasteiger partial charge in [-0.2, -0.15) is 0 Å². The van der Waals surface area contributed by atoms with Crippen molar-refractivity contribution in [1.82, 2.24) is 5.32 Å². The average Bonchev–Trinajstić information content (AvgIpc) is 2.75. The number of thiophene rings is 1. The Balaban J connectivity index is 1.88. The Hall–Kier alpha value is 0.130. The molecule has 0 aliphatic carbocycles. The Bertz CT molecular complexity index is 556. The first-order chi connectivity index (χ1) is 9.06. The molecule has 1 nitrogen and oxygen atoms in total. The molecule has 0 aliphatic rings. The highest BCUT2D eigenvalue weighted by Gasteiger charge is 2.09. The fourth-order valence-electron chi connectivity index (χ4n) is 1.86. The lowest BCUT2D eigenvalue weighted by Gasteiger charge is -2.15. The zero-order chi connectivity index (χ0) is 13.8. The van der Waals surface area contributed by atoms with Crippen LogP contribution >= 0.6 is 54.8 Å². The molecule has 0 fully saturated rings. The highest BCUT2D eigenvalue weighted by Crippen LogP contribution is 2.27. The molecule has 19 heavy (non-hydrogen) atoms. The molecule has 102 valence electrons. The predicted molar refractivity (Wildman–Crippen MR) is 91.3 cm³/mol. The Kier molecular flexibility index (Phi) is 5.90. The highest BCUT2D eigenvalue weighted by molar-refractivity contribution is 9.11. The minimum absolute atomic E-state index is 0.318. The third kappa shape index (κ3) is 4.57. The summed E-state index contributed by atoms with van der Waals surface area (Å²) in [5.74, 6) is 0. The van der Waals surface area contributed by atoms with Crippen LogP contribution in [-0.4, -0.2) is 6.54 Å². The molecule has 0 saturated carbocycles.